The molecule has 27 heavy (non-hydrogen) atoms. The second kappa shape index (κ2) is 6.45. The summed E-state index contributed by atoms with van der Waals surface area (Å²) in [5.41, 5.74) is 2.33. The molecule has 0 aliphatic carbocycles. The number of nitrogens with zero attached hydrogens (tertiary/aromatic N) is 4. The highest BCUT2D eigenvalue weighted by molar-refractivity contribution is 7.88. The van der Waals surface area contributed by atoms with Gasteiger partial charge in [-0.3, -0.25) is 9.48 Å². The van der Waals surface area contributed by atoms with Gasteiger partial charge in [-0.25, -0.2) is 8.42 Å². The predicted octanol–water partition coefficient (Wildman–Crippen LogP) is 1.43. The molecule has 2 saturated heterocycles. The molecule has 144 valence electrons. The minimum Gasteiger partial charge on any atom is -0.338 e. The standard InChI is InChI=1S/C19H24N4O3S/c1-13-16(11-21(2)20-13)19(24)22-9-15-10-23(27(3,25)26)18(17(15)12-22)14-7-5-4-6-8-14/h4-8,11,15,17-18H,9-10,12H2,1-3H3/t15-,17-,18+/m1/s1. The van der Waals surface area contributed by atoms with Gasteiger partial charge in [0.15, 0.2) is 0 Å². The Morgan fingerprint density at radius 3 is 2.44 bits per heavy atom. The number of sulfonamides is 1. The molecule has 2 aliphatic rings. The molecule has 2 fully saturated rings. The maximum absolute atomic E-state index is 13.0. The van der Waals surface area contributed by atoms with Crippen molar-refractivity contribution in [2.75, 3.05) is 25.9 Å². The molecule has 0 bridgehead atoms. The summed E-state index contributed by atoms with van der Waals surface area (Å²) >= 11 is 0. The van der Waals surface area contributed by atoms with E-state index in [2.05, 4.69) is 5.10 Å². The molecular formula is C19H24N4O3S. The van der Waals surface area contributed by atoms with Crippen molar-refractivity contribution in [2.24, 2.45) is 18.9 Å². The van der Waals surface area contributed by atoms with Gasteiger partial charge in [-0.05, 0) is 18.4 Å². The number of fused-ring (bicyclic) bond motifs is 1. The maximum atomic E-state index is 13.0. The van der Waals surface area contributed by atoms with E-state index in [-0.39, 0.29) is 23.8 Å². The molecule has 2 aromatic rings. The van der Waals surface area contributed by atoms with Gasteiger partial charge in [-0.2, -0.15) is 9.40 Å². The third kappa shape index (κ3) is 3.17. The van der Waals surface area contributed by atoms with E-state index < -0.39 is 10.0 Å². The van der Waals surface area contributed by atoms with Crippen LogP contribution in [-0.2, 0) is 17.1 Å². The molecule has 3 atom stereocenters. The summed E-state index contributed by atoms with van der Waals surface area (Å²) in [6.45, 7) is 3.43. The molecule has 3 heterocycles. The van der Waals surface area contributed by atoms with Gasteiger partial charge in [0, 0.05) is 38.8 Å². The quantitative estimate of drug-likeness (QED) is 0.797. The highest BCUT2D eigenvalue weighted by Crippen LogP contribution is 2.46. The van der Waals surface area contributed by atoms with Crippen LogP contribution in [0.2, 0.25) is 0 Å². The summed E-state index contributed by atoms with van der Waals surface area (Å²) in [5, 5.41) is 4.26. The van der Waals surface area contributed by atoms with Crippen molar-refractivity contribution in [3.05, 3.63) is 53.3 Å². The van der Waals surface area contributed by atoms with Crippen LogP contribution in [0.25, 0.3) is 0 Å². The molecule has 1 aromatic carbocycles. The monoisotopic (exact) mass is 388 g/mol. The molecule has 0 unspecified atom stereocenters. The van der Waals surface area contributed by atoms with Gasteiger partial charge in [-0.15, -0.1) is 0 Å². The highest BCUT2D eigenvalue weighted by atomic mass is 32.2. The molecule has 4 rings (SSSR count). The predicted molar refractivity (Wildman–Crippen MR) is 102 cm³/mol. The molecule has 0 radical (unpaired) electrons. The van der Waals surface area contributed by atoms with Gasteiger partial charge < -0.3 is 4.90 Å². The van der Waals surface area contributed by atoms with Crippen LogP contribution in [0.15, 0.2) is 36.5 Å². The number of rotatable bonds is 3. The van der Waals surface area contributed by atoms with E-state index in [9.17, 15) is 13.2 Å². The molecule has 2 aliphatic heterocycles. The average molecular weight is 388 g/mol. The first-order valence-electron chi connectivity index (χ1n) is 9.07. The fourth-order valence-electron chi connectivity index (χ4n) is 4.56. The number of aryl methyl sites for hydroxylation is 2. The zero-order valence-electron chi connectivity index (χ0n) is 15.7. The summed E-state index contributed by atoms with van der Waals surface area (Å²) in [6.07, 6.45) is 3.02. The Hall–Kier alpha value is -2.19. The fourth-order valence-corrected chi connectivity index (χ4v) is 5.71. The zero-order chi connectivity index (χ0) is 19.3. The third-order valence-electron chi connectivity index (χ3n) is 5.72. The number of benzene rings is 1. The SMILES string of the molecule is Cc1nn(C)cc1C(=O)N1C[C@@H]2CN(S(C)(=O)=O)[C@@H](c3ccccc3)[C@@H]2C1. The number of likely N-dealkylation sites (tertiary alicyclic amines) is 1. The minimum absolute atomic E-state index is 0.0206. The van der Waals surface area contributed by atoms with Crippen LogP contribution in [-0.4, -0.2) is 59.2 Å². The topological polar surface area (TPSA) is 75.5 Å². The van der Waals surface area contributed by atoms with Crippen LogP contribution in [0.3, 0.4) is 0 Å². The second-order valence-corrected chi connectivity index (χ2v) is 9.56. The van der Waals surface area contributed by atoms with Gasteiger partial charge in [0.2, 0.25) is 10.0 Å². The van der Waals surface area contributed by atoms with Crippen molar-refractivity contribution in [1.82, 2.24) is 19.0 Å². The molecule has 0 N–H and O–H groups in total. The molecule has 0 saturated carbocycles. The van der Waals surface area contributed by atoms with Crippen molar-refractivity contribution in [3.8, 4) is 0 Å². The zero-order valence-corrected chi connectivity index (χ0v) is 16.6. The van der Waals surface area contributed by atoms with Crippen LogP contribution in [0.1, 0.15) is 27.7 Å². The van der Waals surface area contributed by atoms with Crippen LogP contribution < -0.4 is 0 Å². The normalized spacial score (nSPS) is 25.7. The highest BCUT2D eigenvalue weighted by Gasteiger charge is 2.51. The Bertz CT molecular complexity index is 970. The number of carbonyl (C=O) groups is 1. The lowest BCUT2D eigenvalue weighted by Gasteiger charge is -2.28. The summed E-state index contributed by atoms with van der Waals surface area (Å²) < 4.78 is 28.0. The smallest absolute Gasteiger partial charge is 0.257 e. The Labute approximate surface area is 159 Å². The van der Waals surface area contributed by atoms with E-state index in [0.29, 0.717) is 25.2 Å². The van der Waals surface area contributed by atoms with Crippen molar-refractivity contribution in [1.29, 1.82) is 0 Å². The summed E-state index contributed by atoms with van der Waals surface area (Å²) in [5.74, 6) is 0.224. The first kappa shape index (κ1) is 18.2. The molecule has 1 aromatic heterocycles. The van der Waals surface area contributed by atoms with Gasteiger partial charge in [-0.1, -0.05) is 30.3 Å². The number of aromatic nitrogens is 2. The van der Waals surface area contributed by atoms with E-state index in [1.54, 1.807) is 22.2 Å². The first-order valence-corrected chi connectivity index (χ1v) is 10.9. The fraction of sp³-hybridized carbons (Fsp3) is 0.474. The summed E-state index contributed by atoms with van der Waals surface area (Å²) in [7, 11) is -1.52. The lowest BCUT2D eigenvalue weighted by atomic mass is 9.90. The molecule has 0 spiro atoms. The molecular weight excluding hydrogens is 364 g/mol. The summed E-state index contributed by atoms with van der Waals surface area (Å²) in [6, 6.07) is 9.51. The van der Waals surface area contributed by atoms with E-state index >= 15 is 0 Å². The van der Waals surface area contributed by atoms with Gasteiger partial charge in [0.1, 0.15) is 0 Å². The lowest BCUT2D eigenvalue weighted by molar-refractivity contribution is 0.0773. The first-order chi connectivity index (χ1) is 12.8. The van der Waals surface area contributed by atoms with Gasteiger partial charge in [0.25, 0.3) is 5.91 Å². The van der Waals surface area contributed by atoms with Crippen LogP contribution in [0, 0.1) is 18.8 Å². The maximum Gasteiger partial charge on any atom is 0.257 e. The minimum atomic E-state index is -3.32. The van der Waals surface area contributed by atoms with Crippen molar-refractivity contribution in [2.45, 2.75) is 13.0 Å². The lowest BCUT2D eigenvalue weighted by Crippen LogP contribution is -2.37. The number of amides is 1. The number of hydrogen-bond donors (Lipinski definition) is 0. The molecule has 1 amide bonds. The van der Waals surface area contributed by atoms with Crippen LogP contribution in [0.5, 0.6) is 0 Å². The Morgan fingerprint density at radius 1 is 1.15 bits per heavy atom. The number of hydrogen-bond acceptors (Lipinski definition) is 4. The van der Waals surface area contributed by atoms with Crippen LogP contribution in [0.4, 0.5) is 0 Å². The Morgan fingerprint density at radius 2 is 1.85 bits per heavy atom. The Balaban J connectivity index is 1.63. The van der Waals surface area contributed by atoms with Crippen molar-refractivity contribution < 1.29 is 13.2 Å². The van der Waals surface area contributed by atoms with Crippen molar-refractivity contribution >= 4 is 15.9 Å². The Kier molecular flexibility index (Phi) is 4.35. The van der Waals surface area contributed by atoms with Crippen LogP contribution >= 0.6 is 0 Å². The second-order valence-electron chi connectivity index (χ2n) is 7.62. The van der Waals surface area contributed by atoms with Gasteiger partial charge >= 0.3 is 0 Å². The van der Waals surface area contributed by atoms with E-state index in [4.69, 9.17) is 0 Å². The van der Waals surface area contributed by atoms with Gasteiger partial charge in [0.05, 0.1) is 23.6 Å². The molecule has 7 nitrogen and oxygen atoms in total. The van der Waals surface area contributed by atoms with Crippen molar-refractivity contribution in [3.63, 3.8) is 0 Å². The van der Waals surface area contributed by atoms with E-state index in [1.165, 1.54) is 6.26 Å². The van der Waals surface area contributed by atoms with E-state index in [0.717, 1.165) is 11.3 Å². The molecule has 8 heteroatoms. The average Bonchev–Trinajstić information content (AvgIpc) is 3.26. The summed E-state index contributed by atoms with van der Waals surface area (Å²) in [4.78, 5) is 14.8. The largest absolute Gasteiger partial charge is 0.338 e. The third-order valence-corrected chi connectivity index (χ3v) is 6.95. The number of carbonyl (C=O) groups excluding carboxylic acids is 1. The van der Waals surface area contributed by atoms with E-state index in [1.807, 2.05) is 42.2 Å².